The Morgan fingerprint density at radius 2 is 1.80 bits per heavy atom. The fourth-order valence-corrected chi connectivity index (χ4v) is 2.36. The minimum atomic E-state index is -0.0307. The molecular formula is C21H28N2O2. The van der Waals surface area contributed by atoms with Crippen LogP contribution in [0.3, 0.4) is 0 Å². The highest BCUT2D eigenvalue weighted by Gasteiger charge is 2.04. The maximum absolute atomic E-state index is 11.9. The van der Waals surface area contributed by atoms with Gasteiger partial charge < -0.3 is 15.4 Å². The molecule has 134 valence electrons. The van der Waals surface area contributed by atoms with E-state index in [1.807, 2.05) is 30.3 Å². The molecular weight excluding hydrogens is 312 g/mol. The lowest BCUT2D eigenvalue weighted by molar-refractivity contribution is -0.115. The summed E-state index contributed by atoms with van der Waals surface area (Å²) in [6.45, 7) is 5.16. The van der Waals surface area contributed by atoms with Crippen molar-refractivity contribution in [2.45, 2.75) is 39.2 Å². The molecule has 2 rings (SSSR count). The predicted octanol–water partition coefficient (Wildman–Crippen LogP) is 4.02. The first kappa shape index (κ1) is 19.0. The third-order valence-electron chi connectivity index (χ3n) is 4.08. The quantitative estimate of drug-likeness (QED) is 0.642. The number of nitrogens with one attached hydrogen (secondary N) is 2. The normalized spacial score (nSPS) is 11.8. The number of anilines is 1. The molecule has 1 amide bonds. The Bertz CT molecular complexity index is 626. The number of carbonyl (C=O) groups is 1. The van der Waals surface area contributed by atoms with Crippen LogP contribution in [0, 0.1) is 0 Å². The van der Waals surface area contributed by atoms with Gasteiger partial charge in [0.15, 0.2) is 0 Å². The third kappa shape index (κ3) is 7.40. The Morgan fingerprint density at radius 1 is 1.08 bits per heavy atom. The van der Waals surface area contributed by atoms with Gasteiger partial charge in [-0.2, -0.15) is 0 Å². The summed E-state index contributed by atoms with van der Waals surface area (Å²) in [4.78, 5) is 11.9. The van der Waals surface area contributed by atoms with E-state index in [1.54, 1.807) is 0 Å². The SMILES string of the molecule is CCC(C)NCC(=O)Nc1ccc(OCCCc2ccccc2)cc1. The number of rotatable bonds is 10. The zero-order valence-electron chi connectivity index (χ0n) is 15.1. The minimum absolute atomic E-state index is 0.0307. The fourth-order valence-electron chi connectivity index (χ4n) is 2.36. The molecule has 0 aliphatic rings. The van der Waals surface area contributed by atoms with Crippen molar-refractivity contribution in [1.29, 1.82) is 0 Å². The number of hydrogen-bond acceptors (Lipinski definition) is 3. The van der Waals surface area contributed by atoms with Crippen LogP contribution in [0.4, 0.5) is 5.69 Å². The average molecular weight is 340 g/mol. The summed E-state index contributed by atoms with van der Waals surface area (Å²) in [5.74, 6) is 0.792. The van der Waals surface area contributed by atoms with E-state index >= 15 is 0 Å². The van der Waals surface area contributed by atoms with Gasteiger partial charge in [-0.1, -0.05) is 37.3 Å². The molecule has 2 N–H and O–H groups in total. The first-order valence-electron chi connectivity index (χ1n) is 8.97. The van der Waals surface area contributed by atoms with Crippen LogP contribution in [0.1, 0.15) is 32.3 Å². The van der Waals surface area contributed by atoms with Gasteiger partial charge in [0.05, 0.1) is 13.2 Å². The molecule has 0 heterocycles. The molecule has 4 heteroatoms. The standard InChI is InChI=1S/C21H28N2O2/c1-3-17(2)22-16-21(24)23-19-11-13-20(14-12-19)25-15-7-10-18-8-5-4-6-9-18/h4-6,8-9,11-14,17,22H,3,7,10,15-16H2,1-2H3,(H,23,24). The van der Waals surface area contributed by atoms with Crippen LogP contribution in [0.5, 0.6) is 5.75 Å². The van der Waals surface area contributed by atoms with Gasteiger partial charge in [0.1, 0.15) is 5.75 Å². The summed E-state index contributed by atoms with van der Waals surface area (Å²) in [6, 6.07) is 18.3. The second kappa shape index (κ2) is 10.5. The van der Waals surface area contributed by atoms with E-state index in [4.69, 9.17) is 4.74 Å². The molecule has 2 aromatic rings. The summed E-state index contributed by atoms with van der Waals surface area (Å²) < 4.78 is 5.76. The molecule has 2 aromatic carbocycles. The molecule has 0 spiro atoms. The highest BCUT2D eigenvalue weighted by atomic mass is 16.5. The topological polar surface area (TPSA) is 50.4 Å². The smallest absolute Gasteiger partial charge is 0.238 e. The van der Waals surface area contributed by atoms with Crippen LogP contribution in [0.2, 0.25) is 0 Å². The lowest BCUT2D eigenvalue weighted by atomic mass is 10.1. The monoisotopic (exact) mass is 340 g/mol. The average Bonchev–Trinajstić information content (AvgIpc) is 2.65. The van der Waals surface area contributed by atoms with E-state index in [1.165, 1.54) is 5.56 Å². The Kier molecular flexibility index (Phi) is 7.99. The minimum Gasteiger partial charge on any atom is -0.494 e. The van der Waals surface area contributed by atoms with Gasteiger partial charge in [0.25, 0.3) is 0 Å². The van der Waals surface area contributed by atoms with Crippen molar-refractivity contribution in [3.05, 3.63) is 60.2 Å². The first-order valence-corrected chi connectivity index (χ1v) is 8.97. The lowest BCUT2D eigenvalue weighted by Crippen LogP contribution is -2.33. The number of aryl methyl sites for hydroxylation is 1. The zero-order chi connectivity index (χ0) is 17.9. The van der Waals surface area contributed by atoms with Crippen molar-refractivity contribution in [3.63, 3.8) is 0 Å². The third-order valence-corrected chi connectivity index (χ3v) is 4.08. The molecule has 0 aliphatic heterocycles. The summed E-state index contributed by atoms with van der Waals surface area (Å²) in [5, 5.41) is 6.06. The summed E-state index contributed by atoms with van der Waals surface area (Å²) in [7, 11) is 0. The van der Waals surface area contributed by atoms with Crippen molar-refractivity contribution in [1.82, 2.24) is 5.32 Å². The van der Waals surface area contributed by atoms with Crippen molar-refractivity contribution in [2.75, 3.05) is 18.5 Å². The summed E-state index contributed by atoms with van der Waals surface area (Å²) in [5.41, 5.74) is 2.11. The number of amides is 1. The molecule has 25 heavy (non-hydrogen) atoms. The van der Waals surface area contributed by atoms with Gasteiger partial charge in [0.2, 0.25) is 5.91 Å². The first-order chi connectivity index (χ1) is 12.2. The second-order valence-corrected chi connectivity index (χ2v) is 6.20. The number of hydrogen-bond donors (Lipinski definition) is 2. The van der Waals surface area contributed by atoms with Crippen LogP contribution in [-0.4, -0.2) is 25.1 Å². The molecule has 0 aliphatic carbocycles. The highest BCUT2D eigenvalue weighted by Crippen LogP contribution is 2.16. The van der Waals surface area contributed by atoms with Gasteiger partial charge in [-0.05, 0) is 56.0 Å². The molecule has 0 radical (unpaired) electrons. The number of carbonyl (C=O) groups excluding carboxylic acids is 1. The van der Waals surface area contributed by atoms with Crippen molar-refractivity contribution in [3.8, 4) is 5.75 Å². The van der Waals surface area contributed by atoms with Gasteiger partial charge in [-0.15, -0.1) is 0 Å². The van der Waals surface area contributed by atoms with Gasteiger partial charge in [-0.25, -0.2) is 0 Å². The fraction of sp³-hybridized carbons (Fsp3) is 0.381. The molecule has 4 nitrogen and oxygen atoms in total. The second-order valence-electron chi connectivity index (χ2n) is 6.20. The largest absolute Gasteiger partial charge is 0.494 e. The van der Waals surface area contributed by atoms with E-state index in [9.17, 15) is 4.79 Å². The van der Waals surface area contributed by atoms with Gasteiger partial charge >= 0.3 is 0 Å². The van der Waals surface area contributed by atoms with Gasteiger partial charge in [-0.3, -0.25) is 4.79 Å². The maximum Gasteiger partial charge on any atom is 0.238 e. The molecule has 0 saturated carbocycles. The van der Waals surface area contributed by atoms with Gasteiger partial charge in [0, 0.05) is 11.7 Å². The van der Waals surface area contributed by atoms with Crippen molar-refractivity contribution < 1.29 is 9.53 Å². The molecule has 0 aromatic heterocycles. The van der Waals surface area contributed by atoms with Crippen molar-refractivity contribution in [2.24, 2.45) is 0 Å². The summed E-state index contributed by atoms with van der Waals surface area (Å²) in [6.07, 6.45) is 2.99. The van der Waals surface area contributed by atoms with Crippen LogP contribution >= 0.6 is 0 Å². The van der Waals surface area contributed by atoms with E-state index in [0.717, 1.165) is 30.7 Å². The van der Waals surface area contributed by atoms with Crippen LogP contribution in [-0.2, 0) is 11.2 Å². The molecule has 1 atom stereocenters. The van der Waals surface area contributed by atoms with Crippen molar-refractivity contribution >= 4 is 11.6 Å². The maximum atomic E-state index is 11.9. The number of ether oxygens (including phenoxy) is 1. The Hall–Kier alpha value is -2.33. The lowest BCUT2D eigenvalue weighted by Gasteiger charge is -2.12. The van der Waals surface area contributed by atoms with Crippen LogP contribution in [0.25, 0.3) is 0 Å². The van der Waals surface area contributed by atoms with E-state index in [0.29, 0.717) is 19.2 Å². The van der Waals surface area contributed by atoms with Crippen LogP contribution < -0.4 is 15.4 Å². The number of benzene rings is 2. The molecule has 0 bridgehead atoms. The zero-order valence-corrected chi connectivity index (χ0v) is 15.1. The highest BCUT2D eigenvalue weighted by molar-refractivity contribution is 5.92. The molecule has 0 fully saturated rings. The van der Waals surface area contributed by atoms with E-state index < -0.39 is 0 Å². The Labute approximate surface area is 150 Å². The predicted molar refractivity (Wildman–Crippen MR) is 103 cm³/mol. The van der Waals surface area contributed by atoms with E-state index in [2.05, 4.69) is 48.7 Å². The van der Waals surface area contributed by atoms with E-state index in [-0.39, 0.29) is 5.91 Å². The molecule has 0 saturated heterocycles. The Balaban J connectivity index is 1.68. The van der Waals surface area contributed by atoms with Crippen LogP contribution in [0.15, 0.2) is 54.6 Å². The molecule has 1 unspecified atom stereocenters. The Morgan fingerprint density at radius 3 is 2.48 bits per heavy atom. The summed E-state index contributed by atoms with van der Waals surface area (Å²) >= 11 is 0.